The van der Waals surface area contributed by atoms with Crippen LogP contribution in [0, 0.1) is 5.92 Å². The first kappa shape index (κ1) is 11.0. The fourth-order valence-electron chi connectivity index (χ4n) is 1.40. The second-order valence-corrected chi connectivity index (χ2v) is 3.89. The Morgan fingerprint density at radius 1 is 1.21 bits per heavy atom. The van der Waals surface area contributed by atoms with Gasteiger partial charge in [-0.1, -0.05) is 0 Å². The second kappa shape index (κ2) is 4.98. The summed E-state index contributed by atoms with van der Waals surface area (Å²) in [6.07, 6.45) is 4.43. The molecule has 80 valence electrons. The van der Waals surface area contributed by atoms with E-state index in [1.54, 1.807) is 6.92 Å². The van der Waals surface area contributed by atoms with Crippen LogP contribution in [-0.4, -0.2) is 29.8 Å². The predicted molar refractivity (Wildman–Crippen MR) is 53.4 cm³/mol. The number of likely N-dealkylation sites (tertiary alicyclic amines) is 1. The summed E-state index contributed by atoms with van der Waals surface area (Å²) in [5.41, 5.74) is 4.86. The molecule has 1 heterocycles. The Morgan fingerprint density at radius 2 is 1.71 bits per heavy atom. The first-order chi connectivity index (χ1) is 6.61. The summed E-state index contributed by atoms with van der Waals surface area (Å²) in [6.45, 7) is 3.59. The van der Waals surface area contributed by atoms with Crippen LogP contribution < -0.4 is 5.73 Å². The number of carbonyl (C=O) groups excluding carboxylic acids is 2. The molecule has 0 radical (unpaired) electrons. The molecule has 1 aliphatic carbocycles. The van der Waals surface area contributed by atoms with E-state index in [2.05, 4.69) is 0 Å². The molecule has 0 atom stereocenters. The Hall–Kier alpha value is -1.06. The summed E-state index contributed by atoms with van der Waals surface area (Å²) in [6, 6.07) is 0. The molecular weight excluding hydrogens is 180 g/mol. The lowest BCUT2D eigenvalue weighted by Crippen LogP contribution is -2.24. The lowest BCUT2D eigenvalue weighted by atomic mass is 10.4. The number of hydrogen-bond acceptors (Lipinski definition) is 2. The number of rotatable bonds is 1. The number of hydrogen-bond donors (Lipinski definition) is 1. The summed E-state index contributed by atoms with van der Waals surface area (Å²) in [7, 11) is 0. The maximum atomic E-state index is 10.6. The van der Waals surface area contributed by atoms with E-state index in [1.807, 2.05) is 4.90 Å². The zero-order valence-electron chi connectivity index (χ0n) is 8.66. The van der Waals surface area contributed by atoms with Gasteiger partial charge in [-0.15, -0.1) is 0 Å². The van der Waals surface area contributed by atoms with Gasteiger partial charge in [-0.3, -0.25) is 9.59 Å². The molecule has 1 saturated carbocycles. The van der Waals surface area contributed by atoms with Crippen LogP contribution in [0.2, 0.25) is 0 Å². The summed E-state index contributed by atoms with van der Waals surface area (Å²) >= 11 is 0. The molecule has 2 N–H and O–H groups in total. The molecule has 0 aromatic carbocycles. The molecule has 0 aromatic heterocycles. The molecule has 1 saturated heterocycles. The highest BCUT2D eigenvalue weighted by Gasteiger charge is 2.26. The molecule has 1 aliphatic heterocycles. The first-order valence-electron chi connectivity index (χ1n) is 5.16. The van der Waals surface area contributed by atoms with Crippen molar-refractivity contribution in [2.45, 2.75) is 32.6 Å². The first-order valence-corrected chi connectivity index (χ1v) is 5.16. The highest BCUT2D eigenvalue weighted by Crippen LogP contribution is 2.27. The quantitative estimate of drug-likeness (QED) is 0.667. The van der Waals surface area contributed by atoms with Crippen LogP contribution in [-0.2, 0) is 9.59 Å². The van der Waals surface area contributed by atoms with E-state index >= 15 is 0 Å². The maximum absolute atomic E-state index is 10.6. The molecule has 2 amide bonds. The number of nitrogens with two attached hydrogens (primary N) is 1. The minimum absolute atomic E-state index is 0.130. The van der Waals surface area contributed by atoms with E-state index < -0.39 is 0 Å². The van der Waals surface area contributed by atoms with Gasteiger partial charge in [0.2, 0.25) is 11.8 Å². The van der Waals surface area contributed by atoms with Crippen molar-refractivity contribution in [1.82, 2.24) is 4.90 Å². The molecule has 0 aromatic rings. The van der Waals surface area contributed by atoms with Gasteiger partial charge in [-0.25, -0.2) is 0 Å². The number of primary amides is 1. The number of nitrogens with zero attached hydrogens (tertiary/aromatic N) is 1. The van der Waals surface area contributed by atoms with Gasteiger partial charge in [0.1, 0.15) is 0 Å². The van der Waals surface area contributed by atoms with Gasteiger partial charge in [0.15, 0.2) is 0 Å². The lowest BCUT2D eigenvalue weighted by molar-refractivity contribution is -0.127. The second-order valence-electron chi connectivity index (χ2n) is 3.89. The van der Waals surface area contributed by atoms with Crippen molar-refractivity contribution in [2.24, 2.45) is 11.7 Å². The third kappa shape index (κ3) is 3.77. The fraction of sp³-hybridized carbons (Fsp3) is 0.800. The maximum Gasteiger partial charge on any atom is 0.220 e. The summed E-state index contributed by atoms with van der Waals surface area (Å²) in [5, 5.41) is 0. The monoisotopic (exact) mass is 198 g/mol. The largest absolute Gasteiger partial charge is 0.369 e. The summed E-state index contributed by atoms with van der Waals surface area (Å²) in [5.74, 6) is 0.336. The van der Waals surface area contributed by atoms with E-state index in [-0.39, 0.29) is 17.7 Å². The van der Waals surface area contributed by atoms with Crippen LogP contribution in [0.5, 0.6) is 0 Å². The Bertz CT molecular complexity index is 218. The van der Waals surface area contributed by atoms with Crippen LogP contribution in [0.25, 0.3) is 0 Å². The molecule has 2 fully saturated rings. The van der Waals surface area contributed by atoms with E-state index in [4.69, 9.17) is 5.73 Å². The van der Waals surface area contributed by atoms with Crippen molar-refractivity contribution in [1.29, 1.82) is 0 Å². The molecule has 0 spiro atoms. The average molecular weight is 198 g/mol. The topological polar surface area (TPSA) is 63.4 Å². The molecule has 14 heavy (non-hydrogen) atoms. The van der Waals surface area contributed by atoms with Gasteiger partial charge in [-0.2, -0.15) is 0 Å². The average Bonchev–Trinajstić information content (AvgIpc) is 2.82. The number of amides is 2. The molecule has 2 aliphatic rings. The highest BCUT2D eigenvalue weighted by molar-refractivity contribution is 5.78. The van der Waals surface area contributed by atoms with Crippen molar-refractivity contribution in [3.05, 3.63) is 0 Å². The normalized spacial score (nSPS) is 19.9. The molecule has 4 nitrogen and oxygen atoms in total. The Kier molecular flexibility index (Phi) is 3.92. The van der Waals surface area contributed by atoms with Gasteiger partial charge in [0.05, 0.1) is 0 Å². The smallest absolute Gasteiger partial charge is 0.220 e. The molecule has 4 heteroatoms. The van der Waals surface area contributed by atoms with Crippen molar-refractivity contribution in [3.8, 4) is 0 Å². The van der Waals surface area contributed by atoms with Gasteiger partial charge in [0, 0.05) is 25.9 Å². The standard InChI is InChI=1S/C6H11NO.C4H7NO/c1-6(8)7-4-2-3-5-7;5-4(6)3-1-2-3/h2-5H2,1H3;3H,1-2H2,(H2,5,6). The van der Waals surface area contributed by atoms with E-state index in [1.165, 1.54) is 12.8 Å². The minimum atomic E-state index is -0.130. The zero-order chi connectivity index (χ0) is 10.6. The van der Waals surface area contributed by atoms with E-state index in [0.717, 1.165) is 25.9 Å². The van der Waals surface area contributed by atoms with Crippen LogP contribution in [0.15, 0.2) is 0 Å². The summed E-state index contributed by atoms with van der Waals surface area (Å²) in [4.78, 5) is 22.4. The van der Waals surface area contributed by atoms with E-state index in [0.29, 0.717) is 0 Å². The van der Waals surface area contributed by atoms with Crippen LogP contribution in [0.1, 0.15) is 32.6 Å². The van der Waals surface area contributed by atoms with E-state index in [9.17, 15) is 9.59 Å². The Morgan fingerprint density at radius 3 is 1.86 bits per heavy atom. The third-order valence-electron chi connectivity index (χ3n) is 2.53. The Labute approximate surface area is 84.4 Å². The Balaban J connectivity index is 0.000000146. The zero-order valence-corrected chi connectivity index (χ0v) is 8.66. The van der Waals surface area contributed by atoms with Crippen LogP contribution in [0.4, 0.5) is 0 Å². The predicted octanol–water partition coefficient (Wildman–Crippen LogP) is 0.510. The SMILES string of the molecule is CC(=O)N1CCCC1.NC(=O)C1CC1. The van der Waals surface area contributed by atoms with Crippen molar-refractivity contribution in [3.63, 3.8) is 0 Å². The minimum Gasteiger partial charge on any atom is -0.369 e. The van der Waals surface area contributed by atoms with Gasteiger partial charge >= 0.3 is 0 Å². The molecular formula is C10H18N2O2. The van der Waals surface area contributed by atoms with Crippen molar-refractivity contribution in [2.75, 3.05) is 13.1 Å². The highest BCUT2D eigenvalue weighted by atomic mass is 16.2. The third-order valence-corrected chi connectivity index (χ3v) is 2.53. The molecule has 2 rings (SSSR count). The lowest BCUT2D eigenvalue weighted by Gasteiger charge is -2.10. The van der Waals surface area contributed by atoms with Crippen LogP contribution >= 0.6 is 0 Å². The van der Waals surface area contributed by atoms with Gasteiger partial charge in [-0.05, 0) is 25.7 Å². The van der Waals surface area contributed by atoms with Gasteiger partial charge < -0.3 is 10.6 Å². The van der Waals surface area contributed by atoms with Gasteiger partial charge in [0.25, 0.3) is 0 Å². The van der Waals surface area contributed by atoms with Crippen LogP contribution in [0.3, 0.4) is 0 Å². The molecule has 0 bridgehead atoms. The van der Waals surface area contributed by atoms with Crippen molar-refractivity contribution < 1.29 is 9.59 Å². The summed E-state index contributed by atoms with van der Waals surface area (Å²) < 4.78 is 0. The fourth-order valence-corrected chi connectivity index (χ4v) is 1.40. The number of carbonyl (C=O) groups is 2. The van der Waals surface area contributed by atoms with Crippen molar-refractivity contribution >= 4 is 11.8 Å². The molecule has 0 unspecified atom stereocenters.